The van der Waals surface area contributed by atoms with Crippen LogP contribution in [0.25, 0.3) is 22.4 Å². The third-order valence-corrected chi connectivity index (χ3v) is 6.47. The molecule has 2 aromatic carbocycles. The monoisotopic (exact) mass is 423 g/mol. The normalized spacial score (nSPS) is 14.2. The van der Waals surface area contributed by atoms with Crippen molar-refractivity contribution in [2.24, 2.45) is 0 Å². The van der Waals surface area contributed by atoms with Gasteiger partial charge in [0.1, 0.15) is 10.7 Å². The number of aromatic amines is 1. The van der Waals surface area contributed by atoms with Gasteiger partial charge in [-0.05, 0) is 61.7 Å². The maximum atomic E-state index is 14.0. The van der Waals surface area contributed by atoms with Crippen molar-refractivity contribution in [2.45, 2.75) is 30.6 Å². The molecule has 2 heterocycles. The summed E-state index contributed by atoms with van der Waals surface area (Å²) < 4.78 is 41.6. The topological polar surface area (TPSA) is 101 Å². The number of fused-ring (bicyclic) bond motifs is 1. The molecule has 9 heteroatoms. The molecule has 152 valence electrons. The van der Waals surface area contributed by atoms with E-state index in [0.717, 1.165) is 35.6 Å². The summed E-state index contributed by atoms with van der Waals surface area (Å²) in [6, 6.07) is 10.7. The zero-order valence-corrected chi connectivity index (χ0v) is 16.9. The summed E-state index contributed by atoms with van der Waals surface area (Å²) >= 11 is 0. The van der Waals surface area contributed by atoms with Crippen molar-refractivity contribution >= 4 is 26.7 Å². The van der Waals surface area contributed by atoms with E-state index in [1.165, 1.54) is 12.1 Å². The van der Waals surface area contributed by atoms with Crippen LogP contribution >= 0.6 is 0 Å². The summed E-state index contributed by atoms with van der Waals surface area (Å²) in [5.41, 5.74) is 3.40. The van der Waals surface area contributed by atoms with Crippen LogP contribution in [0.3, 0.4) is 0 Å². The number of anilines is 1. The number of aryl methyl sites for hydroxylation is 1. The molecule has 1 fully saturated rings. The standard InChI is InChI=1S/C21H18FN5O2S/c1-12-2-9-17(22)18(10-12)30(28,29)27-15-7-5-14(6-8-15)20-24-19(13-3-4-13)16-11-23-26-21(16)25-20/h2,5-11,13,27H,3-4H2,1H3,(H,23,24,25,26). The fourth-order valence-corrected chi connectivity index (χ4v) is 4.59. The fourth-order valence-electron chi connectivity index (χ4n) is 3.37. The molecule has 1 aliphatic rings. The number of hydrogen-bond acceptors (Lipinski definition) is 5. The SMILES string of the molecule is Cc1ccc(F)c(S(=O)(=O)Nc2ccc(-c3nc(C4CC4)c4cn[nH]c4n3)cc2)c1. The van der Waals surface area contributed by atoms with Crippen LogP contribution in [-0.4, -0.2) is 28.6 Å². The number of benzene rings is 2. The summed E-state index contributed by atoms with van der Waals surface area (Å²) in [6.07, 6.45) is 3.95. The van der Waals surface area contributed by atoms with Gasteiger partial charge in [0.05, 0.1) is 17.3 Å². The lowest BCUT2D eigenvalue weighted by atomic mass is 10.1. The minimum Gasteiger partial charge on any atom is -0.280 e. The van der Waals surface area contributed by atoms with E-state index in [-0.39, 0.29) is 4.90 Å². The van der Waals surface area contributed by atoms with Gasteiger partial charge < -0.3 is 0 Å². The number of H-pyrrole nitrogens is 1. The molecule has 30 heavy (non-hydrogen) atoms. The molecule has 1 aliphatic carbocycles. The van der Waals surface area contributed by atoms with E-state index >= 15 is 0 Å². The van der Waals surface area contributed by atoms with Gasteiger partial charge in [0.2, 0.25) is 0 Å². The zero-order valence-electron chi connectivity index (χ0n) is 16.1. The number of hydrogen-bond donors (Lipinski definition) is 2. The van der Waals surface area contributed by atoms with E-state index in [0.29, 0.717) is 28.6 Å². The smallest absolute Gasteiger partial charge is 0.264 e. The molecule has 0 spiro atoms. The average molecular weight is 423 g/mol. The van der Waals surface area contributed by atoms with Gasteiger partial charge in [-0.2, -0.15) is 5.10 Å². The van der Waals surface area contributed by atoms with Gasteiger partial charge in [0.25, 0.3) is 10.0 Å². The van der Waals surface area contributed by atoms with E-state index in [4.69, 9.17) is 4.98 Å². The first-order chi connectivity index (χ1) is 14.4. The minimum absolute atomic E-state index is 0.324. The largest absolute Gasteiger partial charge is 0.280 e. The van der Waals surface area contributed by atoms with Gasteiger partial charge in [-0.3, -0.25) is 9.82 Å². The number of halogens is 1. The Hall–Kier alpha value is -3.33. The van der Waals surface area contributed by atoms with Gasteiger partial charge >= 0.3 is 0 Å². The number of rotatable bonds is 5. The first-order valence-electron chi connectivity index (χ1n) is 9.51. The Morgan fingerprint density at radius 3 is 2.60 bits per heavy atom. The molecular weight excluding hydrogens is 405 g/mol. The van der Waals surface area contributed by atoms with Crippen molar-refractivity contribution in [3.8, 4) is 11.4 Å². The maximum absolute atomic E-state index is 14.0. The van der Waals surface area contributed by atoms with Gasteiger partial charge in [-0.15, -0.1) is 0 Å². The number of nitrogens with zero attached hydrogens (tertiary/aromatic N) is 3. The van der Waals surface area contributed by atoms with Crippen molar-refractivity contribution < 1.29 is 12.8 Å². The van der Waals surface area contributed by atoms with Crippen molar-refractivity contribution in [1.82, 2.24) is 20.2 Å². The minimum atomic E-state index is -4.04. The van der Waals surface area contributed by atoms with Crippen molar-refractivity contribution in [3.05, 3.63) is 65.7 Å². The Morgan fingerprint density at radius 2 is 1.87 bits per heavy atom. The van der Waals surface area contributed by atoms with Crippen LogP contribution < -0.4 is 4.72 Å². The maximum Gasteiger partial charge on any atom is 0.264 e. The van der Waals surface area contributed by atoms with Crippen LogP contribution in [0.1, 0.15) is 30.0 Å². The van der Waals surface area contributed by atoms with Gasteiger partial charge in [-0.1, -0.05) is 6.07 Å². The highest BCUT2D eigenvalue weighted by Crippen LogP contribution is 2.42. The quantitative estimate of drug-likeness (QED) is 0.502. The van der Waals surface area contributed by atoms with Crippen molar-refractivity contribution in [2.75, 3.05) is 4.72 Å². The van der Waals surface area contributed by atoms with E-state index in [9.17, 15) is 12.8 Å². The molecule has 1 saturated carbocycles. The van der Waals surface area contributed by atoms with E-state index in [1.807, 2.05) is 0 Å². The Bertz CT molecular complexity index is 1360. The molecule has 0 saturated heterocycles. The molecule has 7 nitrogen and oxygen atoms in total. The van der Waals surface area contributed by atoms with Crippen LogP contribution in [0.2, 0.25) is 0 Å². The second kappa shape index (κ2) is 6.88. The van der Waals surface area contributed by atoms with E-state index in [1.54, 1.807) is 37.4 Å². The molecule has 4 aromatic rings. The highest BCUT2D eigenvalue weighted by molar-refractivity contribution is 7.92. The second-order valence-electron chi connectivity index (χ2n) is 7.46. The zero-order chi connectivity index (χ0) is 20.9. The van der Waals surface area contributed by atoms with Crippen LogP contribution in [0.5, 0.6) is 0 Å². The molecule has 0 unspecified atom stereocenters. The third-order valence-electron chi connectivity index (χ3n) is 5.07. The highest BCUT2D eigenvalue weighted by Gasteiger charge is 2.28. The van der Waals surface area contributed by atoms with Crippen LogP contribution in [0.15, 0.2) is 53.6 Å². The van der Waals surface area contributed by atoms with Crippen LogP contribution in [-0.2, 0) is 10.0 Å². The van der Waals surface area contributed by atoms with Gasteiger partial charge in [0, 0.05) is 17.2 Å². The second-order valence-corrected chi connectivity index (χ2v) is 9.11. The first-order valence-corrected chi connectivity index (χ1v) is 11.0. The fraction of sp³-hybridized carbons (Fsp3) is 0.190. The molecule has 0 aliphatic heterocycles. The Labute approximate surface area is 172 Å². The van der Waals surface area contributed by atoms with Crippen LogP contribution in [0, 0.1) is 12.7 Å². The highest BCUT2D eigenvalue weighted by atomic mass is 32.2. The first kappa shape index (κ1) is 18.7. The average Bonchev–Trinajstić information content (AvgIpc) is 3.46. The molecule has 0 atom stereocenters. The Balaban J connectivity index is 1.45. The third kappa shape index (κ3) is 3.41. The van der Waals surface area contributed by atoms with E-state index in [2.05, 4.69) is 19.9 Å². The summed E-state index contributed by atoms with van der Waals surface area (Å²) in [5.74, 6) is 0.188. The van der Waals surface area contributed by atoms with Crippen molar-refractivity contribution in [3.63, 3.8) is 0 Å². The molecule has 5 rings (SSSR count). The lowest BCUT2D eigenvalue weighted by Crippen LogP contribution is -2.14. The van der Waals surface area contributed by atoms with E-state index < -0.39 is 15.8 Å². The molecule has 2 N–H and O–H groups in total. The summed E-state index contributed by atoms with van der Waals surface area (Å²) in [5, 5.41) is 7.90. The van der Waals surface area contributed by atoms with Gasteiger partial charge in [0.15, 0.2) is 11.5 Å². The van der Waals surface area contributed by atoms with Crippen molar-refractivity contribution in [1.29, 1.82) is 0 Å². The predicted molar refractivity (Wildman–Crippen MR) is 111 cm³/mol. The Kier molecular flexibility index (Phi) is 4.28. The molecule has 0 amide bonds. The van der Waals surface area contributed by atoms with Gasteiger partial charge in [-0.25, -0.2) is 22.8 Å². The summed E-state index contributed by atoms with van der Waals surface area (Å²) in [7, 11) is -4.04. The van der Waals surface area contributed by atoms with Crippen LogP contribution in [0.4, 0.5) is 10.1 Å². The number of aromatic nitrogens is 4. The number of sulfonamides is 1. The number of nitrogens with one attached hydrogen (secondary N) is 2. The Morgan fingerprint density at radius 1 is 1.10 bits per heavy atom. The summed E-state index contributed by atoms with van der Waals surface area (Å²) in [6.45, 7) is 1.71. The summed E-state index contributed by atoms with van der Waals surface area (Å²) in [4.78, 5) is 8.87. The molecule has 0 bridgehead atoms. The lowest BCUT2D eigenvalue weighted by Gasteiger charge is -2.10. The molecule has 2 aromatic heterocycles. The molecule has 0 radical (unpaired) electrons. The predicted octanol–water partition coefficient (Wildman–Crippen LogP) is 4.15. The lowest BCUT2D eigenvalue weighted by molar-refractivity contribution is 0.570. The molecular formula is C21H18FN5O2S.